The van der Waals surface area contributed by atoms with Crippen LogP contribution in [0.25, 0.3) is 0 Å². The first-order valence-electron chi connectivity index (χ1n) is 12.0. The van der Waals surface area contributed by atoms with Crippen LogP contribution in [0, 0.1) is 19.8 Å². The molecule has 2 amide bonds. The fraction of sp³-hybridized carbons (Fsp3) is 0.462. The number of aromatic nitrogens is 1. The molecule has 190 valence electrons. The number of fused-ring (bicyclic) bond motifs is 3. The Hall–Kier alpha value is -3.07. The zero-order valence-electron chi connectivity index (χ0n) is 20.1. The fourth-order valence-electron chi connectivity index (χ4n) is 5.71. The molecule has 2 fully saturated rings. The number of carbonyl (C=O) groups excluding carboxylic acids is 4. The Morgan fingerprint density at radius 2 is 1.86 bits per heavy atom. The lowest BCUT2D eigenvalue weighted by atomic mass is 9.69. The summed E-state index contributed by atoms with van der Waals surface area (Å²) in [7, 11) is 0. The molecule has 0 radical (unpaired) electrons. The molecule has 2 saturated carbocycles. The largest absolute Gasteiger partial charge is 0.336 e. The van der Waals surface area contributed by atoms with E-state index in [-0.39, 0.29) is 29.6 Å². The number of hydrogen-bond donors (Lipinski definition) is 2. The highest BCUT2D eigenvalue weighted by atomic mass is 35.5. The van der Waals surface area contributed by atoms with Gasteiger partial charge in [0.15, 0.2) is 5.78 Å². The minimum absolute atomic E-state index is 0.0398. The molecular weight excluding hydrogens is 492 g/mol. The molecule has 0 bridgehead atoms. The van der Waals surface area contributed by atoms with Crippen LogP contribution in [-0.4, -0.2) is 39.4 Å². The summed E-state index contributed by atoms with van der Waals surface area (Å²) in [5, 5.41) is 5.64. The van der Waals surface area contributed by atoms with E-state index in [0.717, 1.165) is 12.0 Å². The molecule has 1 aliphatic heterocycles. The van der Waals surface area contributed by atoms with Crippen LogP contribution in [0.5, 0.6) is 0 Å². The number of carbonyl (C=O) groups is 4. The van der Waals surface area contributed by atoms with Gasteiger partial charge in [-0.3, -0.25) is 19.2 Å². The van der Waals surface area contributed by atoms with E-state index in [4.69, 9.17) is 11.6 Å². The Morgan fingerprint density at radius 1 is 1.17 bits per heavy atom. The van der Waals surface area contributed by atoms with Crippen LogP contribution in [0.2, 0.25) is 5.02 Å². The summed E-state index contributed by atoms with van der Waals surface area (Å²) < 4.78 is 29.2. The number of ketones is 2. The van der Waals surface area contributed by atoms with Gasteiger partial charge in [-0.1, -0.05) is 24.6 Å². The number of nitrogens with zero attached hydrogens (tertiary/aromatic N) is 1. The Bertz CT molecular complexity index is 1340. The maximum atomic E-state index is 13.7. The number of anilines is 1. The average molecular weight is 518 g/mol. The zero-order chi connectivity index (χ0) is 26.2. The normalized spacial score (nSPS) is 22.2. The van der Waals surface area contributed by atoms with Gasteiger partial charge in [-0.05, 0) is 55.9 Å². The number of aryl methyl sites for hydroxylation is 1. The molecule has 3 aliphatic rings. The lowest BCUT2D eigenvalue weighted by molar-refractivity contribution is -0.163. The highest BCUT2D eigenvalue weighted by Gasteiger charge is 2.61. The number of alkyl halides is 2. The van der Waals surface area contributed by atoms with Gasteiger partial charge in [0.1, 0.15) is 11.2 Å². The lowest BCUT2D eigenvalue weighted by Crippen LogP contribution is -2.67. The molecule has 0 unspecified atom stereocenters. The minimum Gasteiger partial charge on any atom is -0.336 e. The fourth-order valence-corrected chi connectivity index (χ4v) is 5.89. The van der Waals surface area contributed by atoms with Gasteiger partial charge in [-0.15, -0.1) is 0 Å². The number of Topliss-reactive ketones (excluding diaryl/α,β-unsaturated/α-hetero) is 2. The molecule has 1 aromatic heterocycles. The molecule has 10 heteroatoms. The highest BCUT2D eigenvalue weighted by Crippen LogP contribution is 2.54. The van der Waals surface area contributed by atoms with E-state index < -0.39 is 47.7 Å². The summed E-state index contributed by atoms with van der Waals surface area (Å²) >= 11 is 6.18. The third-order valence-electron chi connectivity index (χ3n) is 7.63. The standard InChI is InChI=1S/C26H26ClF2N3O4/c1-4-19(33)25(10-26(28,29)11-25)31-24(36)22(34)20-13(3)21(32-17-7-14(17)8-18(20)32)23(35)30-15-6-5-12(2)16(27)9-15/h5-6,9,14,17H,4,7-8,10-11H2,1-3H3,(H,30,35)(H,31,36)/t14-,17-/m1/s1. The topological polar surface area (TPSA) is 97.3 Å². The molecule has 1 aromatic carbocycles. The van der Waals surface area contributed by atoms with Crippen molar-refractivity contribution in [3.8, 4) is 0 Å². The maximum absolute atomic E-state index is 13.7. The van der Waals surface area contributed by atoms with Crippen LogP contribution < -0.4 is 10.6 Å². The predicted molar refractivity (Wildman–Crippen MR) is 129 cm³/mol. The van der Waals surface area contributed by atoms with Gasteiger partial charge in [-0.25, -0.2) is 8.78 Å². The average Bonchev–Trinajstić information content (AvgIpc) is 3.37. The first-order valence-corrected chi connectivity index (χ1v) is 12.3. The zero-order valence-corrected chi connectivity index (χ0v) is 20.9. The molecule has 2 aromatic rings. The van der Waals surface area contributed by atoms with Gasteiger partial charge in [-0.2, -0.15) is 0 Å². The van der Waals surface area contributed by atoms with Crippen molar-refractivity contribution in [3.05, 3.63) is 51.3 Å². The van der Waals surface area contributed by atoms with Crippen LogP contribution in [0.4, 0.5) is 14.5 Å². The second-order valence-corrected chi connectivity index (χ2v) is 10.6. The third kappa shape index (κ3) is 3.84. The second kappa shape index (κ2) is 8.23. The molecule has 5 rings (SSSR count). The monoisotopic (exact) mass is 517 g/mol. The van der Waals surface area contributed by atoms with Crippen molar-refractivity contribution in [1.82, 2.24) is 9.88 Å². The molecular formula is C26H26ClF2N3O4. The van der Waals surface area contributed by atoms with E-state index in [1.165, 1.54) is 6.92 Å². The summed E-state index contributed by atoms with van der Waals surface area (Å²) in [6, 6.07) is 5.21. The van der Waals surface area contributed by atoms with Crippen LogP contribution in [0.15, 0.2) is 18.2 Å². The summed E-state index contributed by atoms with van der Waals surface area (Å²) in [6.07, 6.45) is -0.270. The van der Waals surface area contributed by atoms with Crippen LogP contribution in [0.3, 0.4) is 0 Å². The summed E-state index contributed by atoms with van der Waals surface area (Å²) in [6.45, 7) is 4.97. The van der Waals surface area contributed by atoms with Crippen LogP contribution in [-0.2, 0) is 16.0 Å². The molecule has 0 spiro atoms. The number of rotatable bonds is 7. The van der Waals surface area contributed by atoms with Crippen molar-refractivity contribution < 1.29 is 28.0 Å². The number of hydrogen-bond acceptors (Lipinski definition) is 4. The Labute approximate surface area is 211 Å². The predicted octanol–water partition coefficient (Wildman–Crippen LogP) is 4.57. The third-order valence-corrected chi connectivity index (χ3v) is 8.04. The van der Waals surface area contributed by atoms with Gasteiger partial charge in [0.25, 0.3) is 23.5 Å². The molecule has 0 saturated heterocycles. The van der Waals surface area contributed by atoms with E-state index in [1.54, 1.807) is 25.1 Å². The van der Waals surface area contributed by atoms with E-state index in [2.05, 4.69) is 10.6 Å². The molecule has 2 atom stereocenters. The summed E-state index contributed by atoms with van der Waals surface area (Å²) in [5.74, 6) is -5.78. The molecule has 7 nitrogen and oxygen atoms in total. The quantitative estimate of drug-likeness (QED) is 0.415. The van der Waals surface area contributed by atoms with E-state index in [9.17, 15) is 28.0 Å². The SMILES string of the molecule is CCC(=O)C1(NC(=O)C(=O)c2c(C)c(C(=O)Nc3ccc(C)c(Cl)c3)n3c2C[C@H]2C[C@H]23)CC(F)(F)C1. The first-order chi connectivity index (χ1) is 16.9. The summed E-state index contributed by atoms with van der Waals surface area (Å²) in [4.78, 5) is 52.0. The smallest absolute Gasteiger partial charge is 0.293 e. The van der Waals surface area contributed by atoms with Crippen molar-refractivity contribution in [1.29, 1.82) is 0 Å². The van der Waals surface area contributed by atoms with Crippen molar-refractivity contribution in [2.24, 2.45) is 5.92 Å². The second-order valence-electron chi connectivity index (χ2n) is 10.2. The van der Waals surface area contributed by atoms with E-state index in [1.807, 2.05) is 11.5 Å². The number of nitrogens with one attached hydrogen (secondary N) is 2. The van der Waals surface area contributed by atoms with Gasteiger partial charge in [0.2, 0.25) is 0 Å². The van der Waals surface area contributed by atoms with Crippen LogP contribution >= 0.6 is 11.6 Å². The van der Waals surface area contributed by atoms with Crippen LogP contribution in [0.1, 0.15) is 76.3 Å². The number of amides is 2. The molecule has 2 N–H and O–H groups in total. The molecule has 2 heterocycles. The molecule has 2 aliphatic carbocycles. The van der Waals surface area contributed by atoms with E-state index in [0.29, 0.717) is 28.4 Å². The Balaban J connectivity index is 1.45. The Morgan fingerprint density at radius 3 is 2.47 bits per heavy atom. The maximum Gasteiger partial charge on any atom is 0.293 e. The lowest BCUT2D eigenvalue weighted by Gasteiger charge is -2.46. The number of halogens is 3. The van der Waals surface area contributed by atoms with Crippen molar-refractivity contribution in [3.63, 3.8) is 0 Å². The van der Waals surface area contributed by atoms with Crippen molar-refractivity contribution in [2.45, 2.75) is 70.4 Å². The van der Waals surface area contributed by atoms with Gasteiger partial charge >= 0.3 is 0 Å². The summed E-state index contributed by atoms with van der Waals surface area (Å²) in [5.41, 5.74) is 0.950. The number of benzene rings is 1. The molecule has 36 heavy (non-hydrogen) atoms. The van der Waals surface area contributed by atoms with Crippen molar-refractivity contribution >= 4 is 40.7 Å². The first kappa shape index (κ1) is 24.6. The van der Waals surface area contributed by atoms with E-state index >= 15 is 0 Å². The van der Waals surface area contributed by atoms with Gasteiger partial charge in [0.05, 0.1) is 5.56 Å². The van der Waals surface area contributed by atoms with Gasteiger partial charge < -0.3 is 15.2 Å². The minimum atomic E-state index is -3.07. The van der Waals surface area contributed by atoms with Crippen molar-refractivity contribution in [2.75, 3.05) is 5.32 Å². The Kier molecular flexibility index (Phi) is 5.63. The highest BCUT2D eigenvalue weighted by molar-refractivity contribution is 6.44. The van der Waals surface area contributed by atoms with Gasteiger partial charge in [0, 0.05) is 41.7 Å².